The third-order valence-electron chi connectivity index (χ3n) is 7.62. The van der Waals surface area contributed by atoms with Crippen LogP contribution in [0, 0.1) is 6.92 Å². The minimum atomic E-state index is -1.82. The van der Waals surface area contributed by atoms with E-state index in [-0.39, 0.29) is 16.9 Å². The van der Waals surface area contributed by atoms with Gasteiger partial charge >= 0.3 is 5.97 Å². The van der Waals surface area contributed by atoms with Crippen LogP contribution >= 0.6 is 0 Å². The van der Waals surface area contributed by atoms with Crippen LogP contribution in [-0.4, -0.2) is 134 Å². The highest BCUT2D eigenvalue weighted by atomic mass is 16.7. The molecule has 2 aliphatic heterocycles. The Bertz CT molecular complexity index is 1310. The SMILES string of the molecule is COC(=O)c1c(O)c(O[C@@H]2O[C@H](CO)[C@@H](O)[C@H](O)[C@H]2O)c(C(C)C)c2cc(C)cc(O[C@@H]3O[C@H](CO)[C@@H](O)[C@H](O)[C@H]3O)c12. The van der Waals surface area contributed by atoms with Gasteiger partial charge in [0, 0.05) is 10.9 Å². The van der Waals surface area contributed by atoms with E-state index in [1.54, 1.807) is 26.8 Å². The second-order valence-corrected chi connectivity index (χ2v) is 10.9. The van der Waals surface area contributed by atoms with Gasteiger partial charge in [0.1, 0.15) is 60.1 Å². The van der Waals surface area contributed by atoms with E-state index in [2.05, 4.69) is 0 Å². The van der Waals surface area contributed by atoms with Crippen LogP contribution in [0.1, 0.15) is 41.3 Å². The number of benzene rings is 2. The number of esters is 1. The Labute approximate surface area is 246 Å². The maximum atomic E-state index is 13.2. The van der Waals surface area contributed by atoms with Crippen molar-refractivity contribution in [1.82, 2.24) is 0 Å². The first kappa shape index (κ1) is 33.1. The number of ether oxygens (including phenoxy) is 5. The molecule has 2 aromatic rings. The fourth-order valence-corrected chi connectivity index (χ4v) is 5.36. The Morgan fingerprint density at radius 2 is 1.35 bits per heavy atom. The van der Waals surface area contributed by atoms with Gasteiger partial charge in [0.15, 0.2) is 11.5 Å². The lowest BCUT2D eigenvalue weighted by Gasteiger charge is -2.40. The van der Waals surface area contributed by atoms with Gasteiger partial charge in [-0.1, -0.05) is 19.9 Å². The number of methoxy groups -OCH3 is 1. The van der Waals surface area contributed by atoms with E-state index in [1.807, 2.05) is 0 Å². The maximum absolute atomic E-state index is 13.2. The van der Waals surface area contributed by atoms with Gasteiger partial charge in [-0.3, -0.25) is 0 Å². The second-order valence-electron chi connectivity index (χ2n) is 10.9. The molecular formula is C28H38O15. The molecule has 2 saturated heterocycles. The van der Waals surface area contributed by atoms with Crippen molar-refractivity contribution in [2.24, 2.45) is 0 Å². The van der Waals surface area contributed by atoms with Crippen molar-refractivity contribution < 1.29 is 74.4 Å². The van der Waals surface area contributed by atoms with Crippen LogP contribution in [0.2, 0.25) is 0 Å². The number of aliphatic hydroxyl groups is 8. The largest absolute Gasteiger partial charge is 0.504 e. The van der Waals surface area contributed by atoms with Gasteiger partial charge < -0.3 is 69.6 Å². The Morgan fingerprint density at radius 1 is 0.837 bits per heavy atom. The molecule has 9 N–H and O–H groups in total. The summed E-state index contributed by atoms with van der Waals surface area (Å²) in [5.41, 5.74) is 0.398. The molecule has 2 aromatic carbocycles. The van der Waals surface area contributed by atoms with Crippen molar-refractivity contribution in [3.63, 3.8) is 0 Å². The Kier molecular flexibility index (Phi) is 10.0. The number of aromatic hydroxyl groups is 1. The van der Waals surface area contributed by atoms with Crippen LogP contribution in [0.3, 0.4) is 0 Å². The lowest BCUT2D eigenvalue weighted by molar-refractivity contribution is -0.277. The molecule has 43 heavy (non-hydrogen) atoms. The highest BCUT2D eigenvalue weighted by molar-refractivity contribution is 6.12. The summed E-state index contributed by atoms with van der Waals surface area (Å²) in [6, 6.07) is 3.12. The number of aliphatic hydroxyl groups excluding tert-OH is 8. The predicted octanol–water partition coefficient (Wildman–Crippen LogP) is -1.88. The predicted molar refractivity (Wildman–Crippen MR) is 145 cm³/mol. The van der Waals surface area contributed by atoms with Crippen LogP contribution in [0.25, 0.3) is 10.8 Å². The minimum Gasteiger partial charge on any atom is -0.504 e. The number of rotatable bonds is 8. The average Bonchev–Trinajstić information content (AvgIpc) is 2.97. The van der Waals surface area contributed by atoms with Gasteiger partial charge in [-0.2, -0.15) is 0 Å². The van der Waals surface area contributed by atoms with E-state index in [0.717, 1.165) is 7.11 Å². The van der Waals surface area contributed by atoms with E-state index in [4.69, 9.17) is 23.7 Å². The fourth-order valence-electron chi connectivity index (χ4n) is 5.36. The molecule has 0 radical (unpaired) electrons. The lowest BCUT2D eigenvalue weighted by Crippen LogP contribution is -2.60. The van der Waals surface area contributed by atoms with Crippen molar-refractivity contribution in [1.29, 1.82) is 0 Å². The second kappa shape index (κ2) is 13.0. The molecule has 0 aromatic heterocycles. The number of fused-ring (bicyclic) bond motifs is 1. The number of carbonyl (C=O) groups is 1. The Hall–Kier alpha value is -2.83. The topological polar surface area (TPSA) is 245 Å². The molecule has 0 spiro atoms. The maximum Gasteiger partial charge on any atom is 0.342 e. The molecule has 0 bridgehead atoms. The van der Waals surface area contributed by atoms with E-state index in [1.165, 1.54) is 6.07 Å². The standard InChI is InChI=1S/C28H38O15/c1-9(2)15-11-5-10(3)6-12(40-27-23(36)21(34)18(31)13(7-29)41-27)16(11)17(26(38)39-4)20(33)25(15)43-28-24(37)22(35)19(32)14(8-30)42-28/h5-6,9,13-14,18-19,21-24,27-37H,7-8H2,1-4H3/t13-,14-,18-,19-,21+,22+,23-,24-,27-,28+/m1/s1. The van der Waals surface area contributed by atoms with Crippen molar-refractivity contribution in [2.75, 3.05) is 20.3 Å². The van der Waals surface area contributed by atoms with Crippen LogP contribution in [0.4, 0.5) is 0 Å². The first-order valence-corrected chi connectivity index (χ1v) is 13.6. The van der Waals surface area contributed by atoms with Crippen LogP contribution < -0.4 is 9.47 Å². The monoisotopic (exact) mass is 614 g/mol. The smallest absolute Gasteiger partial charge is 0.342 e. The number of phenolic OH excluding ortho intramolecular Hbond substituents is 1. The first-order chi connectivity index (χ1) is 20.3. The quantitative estimate of drug-likeness (QED) is 0.148. The Morgan fingerprint density at radius 3 is 1.81 bits per heavy atom. The molecule has 10 atom stereocenters. The summed E-state index contributed by atoms with van der Waals surface area (Å²) in [6.07, 6.45) is -16.3. The number of hydrogen-bond donors (Lipinski definition) is 9. The molecule has 0 aliphatic carbocycles. The number of hydrogen-bond acceptors (Lipinski definition) is 15. The zero-order chi connectivity index (χ0) is 31.9. The highest BCUT2D eigenvalue weighted by Gasteiger charge is 2.47. The van der Waals surface area contributed by atoms with Crippen molar-refractivity contribution >= 4 is 16.7 Å². The summed E-state index contributed by atoms with van der Waals surface area (Å²) in [5, 5.41) is 93.0. The molecule has 2 fully saturated rings. The van der Waals surface area contributed by atoms with Gasteiger partial charge in [-0.15, -0.1) is 0 Å². The number of carbonyl (C=O) groups excluding carboxylic acids is 1. The fraction of sp³-hybridized carbons (Fsp3) is 0.607. The molecular weight excluding hydrogens is 576 g/mol. The van der Waals surface area contributed by atoms with E-state index in [0.29, 0.717) is 16.5 Å². The number of phenols is 1. The molecule has 0 saturated carbocycles. The first-order valence-electron chi connectivity index (χ1n) is 13.6. The van der Waals surface area contributed by atoms with Crippen LogP contribution in [0.5, 0.6) is 17.2 Å². The molecule has 15 nitrogen and oxygen atoms in total. The summed E-state index contributed by atoms with van der Waals surface area (Å²) in [4.78, 5) is 13.2. The van der Waals surface area contributed by atoms with Crippen molar-refractivity contribution in [3.8, 4) is 17.2 Å². The normalized spacial score (nSPS) is 33.0. The van der Waals surface area contributed by atoms with Gasteiger partial charge in [-0.05, 0) is 29.9 Å². The van der Waals surface area contributed by atoms with Gasteiger partial charge in [-0.25, -0.2) is 4.79 Å². The van der Waals surface area contributed by atoms with Gasteiger partial charge in [0.25, 0.3) is 0 Å². The summed E-state index contributed by atoms with van der Waals surface area (Å²) < 4.78 is 27.7. The zero-order valence-corrected chi connectivity index (χ0v) is 23.9. The molecule has 4 rings (SSSR count). The van der Waals surface area contributed by atoms with E-state index >= 15 is 0 Å². The summed E-state index contributed by atoms with van der Waals surface area (Å²) in [7, 11) is 1.06. The van der Waals surface area contributed by atoms with Gasteiger partial charge in [0.05, 0.1) is 20.3 Å². The molecule has 0 unspecified atom stereocenters. The highest BCUT2D eigenvalue weighted by Crippen LogP contribution is 2.49. The zero-order valence-electron chi connectivity index (χ0n) is 23.9. The summed E-state index contributed by atoms with van der Waals surface area (Å²) >= 11 is 0. The third kappa shape index (κ3) is 5.98. The molecule has 240 valence electrons. The molecule has 15 heteroatoms. The summed E-state index contributed by atoms with van der Waals surface area (Å²) in [6.45, 7) is 3.74. The summed E-state index contributed by atoms with van der Waals surface area (Å²) in [5.74, 6) is -2.67. The Balaban J connectivity index is 1.92. The van der Waals surface area contributed by atoms with Gasteiger partial charge in [0.2, 0.25) is 12.6 Å². The van der Waals surface area contributed by atoms with Crippen LogP contribution in [-0.2, 0) is 14.2 Å². The molecule has 2 aliphatic rings. The minimum absolute atomic E-state index is 0.00300. The number of aryl methyl sites for hydroxylation is 1. The van der Waals surface area contributed by atoms with Crippen LogP contribution in [0.15, 0.2) is 12.1 Å². The molecule has 2 heterocycles. The van der Waals surface area contributed by atoms with E-state index < -0.39 is 97.8 Å². The van der Waals surface area contributed by atoms with Crippen molar-refractivity contribution in [3.05, 3.63) is 28.8 Å². The lowest BCUT2D eigenvalue weighted by atomic mass is 9.89. The molecule has 0 amide bonds. The van der Waals surface area contributed by atoms with E-state index in [9.17, 15) is 50.8 Å². The third-order valence-corrected chi connectivity index (χ3v) is 7.62. The average molecular weight is 615 g/mol. The van der Waals surface area contributed by atoms with Crippen molar-refractivity contribution in [2.45, 2.75) is 88.1 Å².